The summed E-state index contributed by atoms with van der Waals surface area (Å²) in [5, 5.41) is 3.06. The van der Waals surface area contributed by atoms with E-state index < -0.39 is 5.41 Å². The Morgan fingerprint density at radius 3 is 2.56 bits per heavy atom. The van der Waals surface area contributed by atoms with E-state index in [1.165, 1.54) is 5.56 Å². The van der Waals surface area contributed by atoms with Crippen molar-refractivity contribution in [2.75, 3.05) is 6.54 Å². The van der Waals surface area contributed by atoms with Crippen molar-refractivity contribution in [1.82, 2.24) is 5.32 Å². The second kappa shape index (κ2) is 6.01. The Morgan fingerprint density at radius 2 is 2.06 bits per heavy atom. The summed E-state index contributed by atoms with van der Waals surface area (Å²) in [7, 11) is 0. The normalized spacial score (nSPS) is 15.8. The zero-order chi connectivity index (χ0) is 13.8. The largest absolute Gasteiger partial charge is 0.349 e. The summed E-state index contributed by atoms with van der Waals surface area (Å²) in [6, 6.07) is 8.11. The predicted molar refractivity (Wildman–Crippen MR) is 75.2 cm³/mol. The topological polar surface area (TPSA) is 55.1 Å². The molecule has 0 fully saturated rings. The van der Waals surface area contributed by atoms with E-state index in [9.17, 15) is 4.79 Å². The summed E-state index contributed by atoms with van der Waals surface area (Å²) >= 11 is 0. The monoisotopic (exact) mass is 248 g/mol. The van der Waals surface area contributed by atoms with Gasteiger partial charge in [0.25, 0.3) is 0 Å². The van der Waals surface area contributed by atoms with Gasteiger partial charge in [-0.25, -0.2) is 0 Å². The summed E-state index contributed by atoms with van der Waals surface area (Å²) in [6.45, 7) is 8.33. The first-order chi connectivity index (χ1) is 8.44. The van der Waals surface area contributed by atoms with Crippen LogP contribution in [0.25, 0.3) is 0 Å². The van der Waals surface area contributed by atoms with Gasteiger partial charge in [-0.1, -0.05) is 31.2 Å². The quantitative estimate of drug-likeness (QED) is 0.841. The van der Waals surface area contributed by atoms with E-state index in [-0.39, 0.29) is 11.9 Å². The first-order valence-corrected chi connectivity index (χ1v) is 6.51. The van der Waals surface area contributed by atoms with E-state index in [1.807, 2.05) is 39.0 Å². The molecule has 0 aliphatic rings. The molecule has 0 aromatic heterocycles. The molecule has 1 aromatic carbocycles. The minimum Gasteiger partial charge on any atom is -0.349 e. The van der Waals surface area contributed by atoms with E-state index in [0.29, 0.717) is 6.54 Å². The number of aryl methyl sites for hydroxylation is 1. The Hall–Kier alpha value is -1.35. The van der Waals surface area contributed by atoms with Crippen LogP contribution in [-0.2, 0) is 4.79 Å². The van der Waals surface area contributed by atoms with Crippen LogP contribution in [-0.4, -0.2) is 12.5 Å². The number of benzene rings is 1. The van der Waals surface area contributed by atoms with Gasteiger partial charge < -0.3 is 11.1 Å². The SMILES string of the molecule is CCC(C)(CN)C(=O)NC(C)c1ccccc1C. The molecule has 0 aliphatic heterocycles. The summed E-state index contributed by atoms with van der Waals surface area (Å²) in [5.74, 6) is 0.0308. The summed E-state index contributed by atoms with van der Waals surface area (Å²) in [5.41, 5.74) is 7.57. The van der Waals surface area contributed by atoms with Gasteiger partial charge in [0, 0.05) is 6.54 Å². The lowest BCUT2D eigenvalue weighted by Crippen LogP contribution is -2.44. The molecule has 0 saturated carbocycles. The Kier molecular flexibility index (Phi) is 4.91. The van der Waals surface area contributed by atoms with Crippen LogP contribution in [0.15, 0.2) is 24.3 Å². The first kappa shape index (κ1) is 14.7. The van der Waals surface area contributed by atoms with Crippen molar-refractivity contribution in [3.8, 4) is 0 Å². The average molecular weight is 248 g/mol. The van der Waals surface area contributed by atoms with Crippen LogP contribution in [0, 0.1) is 12.3 Å². The molecular weight excluding hydrogens is 224 g/mol. The predicted octanol–water partition coefficient (Wildman–Crippen LogP) is 2.55. The molecule has 1 rings (SSSR count). The van der Waals surface area contributed by atoms with Gasteiger partial charge in [-0.15, -0.1) is 0 Å². The van der Waals surface area contributed by atoms with Crippen LogP contribution in [0.1, 0.15) is 44.4 Å². The highest BCUT2D eigenvalue weighted by Crippen LogP contribution is 2.23. The highest BCUT2D eigenvalue weighted by atomic mass is 16.2. The van der Waals surface area contributed by atoms with Crippen molar-refractivity contribution < 1.29 is 4.79 Å². The number of hydrogen-bond acceptors (Lipinski definition) is 2. The number of amides is 1. The third kappa shape index (κ3) is 3.10. The van der Waals surface area contributed by atoms with Gasteiger partial charge in [-0.3, -0.25) is 4.79 Å². The molecule has 3 nitrogen and oxygen atoms in total. The van der Waals surface area contributed by atoms with Gasteiger partial charge in [0.15, 0.2) is 0 Å². The van der Waals surface area contributed by atoms with E-state index >= 15 is 0 Å². The van der Waals surface area contributed by atoms with Crippen molar-refractivity contribution in [2.45, 2.75) is 40.2 Å². The zero-order valence-corrected chi connectivity index (χ0v) is 11.8. The maximum Gasteiger partial charge on any atom is 0.227 e. The number of nitrogens with one attached hydrogen (secondary N) is 1. The fraction of sp³-hybridized carbons (Fsp3) is 0.533. The van der Waals surface area contributed by atoms with Crippen LogP contribution in [0.4, 0.5) is 0 Å². The molecule has 0 radical (unpaired) electrons. The van der Waals surface area contributed by atoms with Gasteiger partial charge in [-0.05, 0) is 38.3 Å². The Morgan fingerprint density at radius 1 is 1.44 bits per heavy atom. The lowest BCUT2D eigenvalue weighted by molar-refractivity contribution is -0.130. The van der Waals surface area contributed by atoms with E-state index in [2.05, 4.69) is 18.3 Å². The fourth-order valence-corrected chi connectivity index (χ4v) is 1.92. The molecule has 2 unspecified atom stereocenters. The lowest BCUT2D eigenvalue weighted by atomic mass is 9.86. The molecular formula is C15H24N2O. The molecule has 0 saturated heterocycles. The molecule has 3 heteroatoms. The highest BCUT2D eigenvalue weighted by molar-refractivity contribution is 5.82. The second-order valence-corrected chi connectivity index (χ2v) is 5.17. The van der Waals surface area contributed by atoms with Crippen LogP contribution in [0.5, 0.6) is 0 Å². The van der Waals surface area contributed by atoms with Gasteiger partial charge in [0.1, 0.15) is 0 Å². The average Bonchev–Trinajstić information content (AvgIpc) is 2.38. The highest BCUT2D eigenvalue weighted by Gasteiger charge is 2.30. The van der Waals surface area contributed by atoms with Crippen LogP contribution in [0.3, 0.4) is 0 Å². The summed E-state index contributed by atoms with van der Waals surface area (Å²) in [4.78, 5) is 12.2. The number of nitrogens with two attached hydrogens (primary N) is 1. The maximum atomic E-state index is 12.2. The van der Waals surface area contributed by atoms with Gasteiger partial charge in [0.05, 0.1) is 11.5 Å². The zero-order valence-electron chi connectivity index (χ0n) is 11.8. The number of hydrogen-bond donors (Lipinski definition) is 2. The second-order valence-electron chi connectivity index (χ2n) is 5.17. The van der Waals surface area contributed by atoms with Crippen LogP contribution >= 0.6 is 0 Å². The van der Waals surface area contributed by atoms with Crippen molar-refractivity contribution in [3.63, 3.8) is 0 Å². The molecule has 0 bridgehead atoms. The third-order valence-electron chi connectivity index (χ3n) is 3.78. The lowest BCUT2D eigenvalue weighted by Gasteiger charge is -2.27. The van der Waals surface area contributed by atoms with Gasteiger partial charge in [-0.2, -0.15) is 0 Å². The van der Waals surface area contributed by atoms with Gasteiger partial charge >= 0.3 is 0 Å². The van der Waals surface area contributed by atoms with Crippen molar-refractivity contribution >= 4 is 5.91 Å². The Bertz CT molecular complexity index is 411. The molecule has 3 N–H and O–H groups in total. The molecule has 0 aliphatic carbocycles. The van der Waals surface area contributed by atoms with Crippen molar-refractivity contribution in [1.29, 1.82) is 0 Å². The van der Waals surface area contributed by atoms with E-state index in [4.69, 9.17) is 5.73 Å². The number of carbonyl (C=O) groups is 1. The molecule has 2 atom stereocenters. The van der Waals surface area contributed by atoms with Crippen LogP contribution in [0.2, 0.25) is 0 Å². The molecule has 100 valence electrons. The smallest absolute Gasteiger partial charge is 0.227 e. The minimum atomic E-state index is -0.475. The maximum absolute atomic E-state index is 12.2. The van der Waals surface area contributed by atoms with E-state index in [0.717, 1.165) is 12.0 Å². The number of rotatable bonds is 5. The Balaban J connectivity index is 2.80. The standard InChI is InChI=1S/C15H24N2O/c1-5-15(4,10-16)14(18)17-12(3)13-9-7-6-8-11(13)2/h6-9,12H,5,10,16H2,1-4H3,(H,17,18). The van der Waals surface area contributed by atoms with E-state index in [1.54, 1.807) is 0 Å². The Labute approximate surface area is 110 Å². The third-order valence-corrected chi connectivity index (χ3v) is 3.78. The van der Waals surface area contributed by atoms with Gasteiger partial charge in [0.2, 0.25) is 5.91 Å². The molecule has 1 amide bonds. The fourth-order valence-electron chi connectivity index (χ4n) is 1.92. The minimum absolute atomic E-state index is 0.0103. The first-order valence-electron chi connectivity index (χ1n) is 6.51. The molecule has 1 aromatic rings. The molecule has 0 spiro atoms. The molecule has 18 heavy (non-hydrogen) atoms. The summed E-state index contributed by atoms with van der Waals surface area (Å²) in [6.07, 6.45) is 0.746. The summed E-state index contributed by atoms with van der Waals surface area (Å²) < 4.78 is 0. The van der Waals surface area contributed by atoms with Crippen molar-refractivity contribution in [3.05, 3.63) is 35.4 Å². The molecule has 0 heterocycles. The van der Waals surface area contributed by atoms with Crippen LogP contribution < -0.4 is 11.1 Å². The number of carbonyl (C=O) groups excluding carboxylic acids is 1. The van der Waals surface area contributed by atoms with Crippen molar-refractivity contribution in [2.24, 2.45) is 11.1 Å².